The molecule has 0 spiro atoms. The van der Waals surface area contributed by atoms with Crippen LogP contribution in [0.4, 0.5) is 0 Å². The number of rotatable bonds is 5. The lowest BCUT2D eigenvalue weighted by atomic mass is 10.0. The quantitative estimate of drug-likeness (QED) is 0.701. The van der Waals surface area contributed by atoms with Crippen molar-refractivity contribution in [2.24, 2.45) is 0 Å². The van der Waals surface area contributed by atoms with Gasteiger partial charge in [0.25, 0.3) is 5.91 Å². The Bertz CT molecular complexity index is 874. The van der Waals surface area contributed by atoms with Gasteiger partial charge in [-0.25, -0.2) is 9.97 Å². The number of para-hydroxylation sites is 1. The summed E-state index contributed by atoms with van der Waals surface area (Å²) in [5.41, 5.74) is 4.43. The van der Waals surface area contributed by atoms with Crippen LogP contribution < -0.4 is 5.32 Å². The second kappa shape index (κ2) is 7.03. The van der Waals surface area contributed by atoms with Crippen molar-refractivity contribution in [1.82, 2.24) is 25.2 Å². The maximum absolute atomic E-state index is 11.9. The van der Waals surface area contributed by atoms with Gasteiger partial charge in [0, 0.05) is 49.0 Å². The summed E-state index contributed by atoms with van der Waals surface area (Å²) in [4.78, 5) is 25.7. The molecule has 2 aromatic heterocycles. The second-order valence-electron chi connectivity index (χ2n) is 6.36. The molecule has 1 aromatic carbocycles. The molecule has 4 rings (SSSR count). The molecule has 0 radical (unpaired) electrons. The SMILES string of the molecule is O=C(NCCCN1CCc2c([nH]c3ccccc23)C1)c1ccncn1. The zero-order valence-electron chi connectivity index (χ0n) is 14.0. The minimum absolute atomic E-state index is 0.140. The minimum Gasteiger partial charge on any atom is -0.357 e. The molecule has 0 saturated heterocycles. The van der Waals surface area contributed by atoms with E-state index in [1.807, 2.05) is 0 Å². The third kappa shape index (κ3) is 3.39. The fourth-order valence-electron chi connectivity index (χ4n) is 3.46. The summed E-state index contributed by atoms with van der Waals surface area (Å²) >= 11 is 0. The highest BCUT2D eigenvalue weighted by Gasteiger charge is 2.19. The first-order valence-electron chi connectivity index (χ1n) is 8.66. The molecular formula is C19H21N5O. The first-order chi connectivity index (χ1) is 12.3. The highest BCUT2D eigenvalue weighted by Crippen LogP contribution is 2.27. The van der Waals surface area contributed by atoms with E-state index in [1.165, 1.54) is 28.5 Å². The number of aromatic nitrogens is 3. The van der Waals surface area contributed by atoms with E-state index in [-0.39, 0.29) is 5.91 Å². The Morgan fingerprint density at radius 3 is 3.08 bits per heavy atom. The normalized spacial score (nSPS) is 14.4. The highest BCUT2D eigenvalue weighted by molar-refractivity contribution is 5.92. The molecule has 0 aliphatic carbocycles. The number of aromatic amines is 1. The zero-order valence-corrected chi connectivity index (χ0v) is 14.0. The van der Waals surface area contributed by atoms with Crippen LogP contribution in [0.2, 0.25) is 0 Å². The topological polar surface area (TPSA) is 73.9 Å². The second-order valence-corrected chi connectivity index (χ2v) is 6.36. The number of H-pyrrole nitrogens is 1. The summed E-state index contributed by atoms with van der Waals surface area (Å²) in [6.45, 7) is 3.64. The molecule has 1 aliphatic heterocycles. The van der Waals surface area contributed by atoms with E-state index >= 15 is 0 Å². The molecule has 128 valence electrons. The maximum Gasteiger partial charge on any atom is 0.270 e. The third-order valence-corrected chi connectivity index (χ3v) is 4.71. The predicted octanol–water partition coefficient (Wildman–Crippen LogP) is 2.14. The first kappa shape index (κ1) is 15.8. The average molecular weight is 335 g/mol. The molecule has 0 bridgehead atoms. The molecule has 0 saturated carbocycles. The van der Waals surface area contributed by atoms with E-state index in [1.54, 1.807) is 12.3 Å². The number of nitrogens with zero attached hydrogens (tertiary/aromatic N) is 3. The fourth-order valence-corrected chi connectivity index (χ4v) is 3.46. The van der Waals surface area contributed by atoms with Crippen LogP contribution in [-0.2, 0) is 13.0 Å². The van der Waals surface area contributed by atoms with Gasteiger partial charge in [0.15, 0.2) is 0 Å². The number of carbonyl (C=O) groups is 1. The summed E-state index contributed by atoms with van der Waals surface area (Å²) < 4.78 is 0. The van der Waals surface area contributed by atoms with Crippen LogP contribution in [-0.4, -0.2) is 45.4 Å². The van der Waals surface area contributed by atoms with Gasteiger partial charge < -0.3 is 10.3 Å². The van der Waals surface area contributed by atoms with E-state index in [2.05, 4.69) is 49.4 Å². The van der Waals surface area contributed by atoms with Gasteiger partial charge in [-0.1, -0.05) is 18.2 Å². The van der Waals surface area contributed by atoms with Gasteiger partial charge in [0.2, 0.25) is 0 Å². The van der Waals surface area contributed by atoms with Crippen LogP contribution in [0.15, 0.2) is 42.9 Å². The van der Waals surface area contributed by atoms with Crippen molar-refractivity contribution >= 4 is 16.8 Å². The van der Waals surface area contributed by atoms with Crippen molar-refractivity contribution in [3.05, 3.63) is 59.8 Å². The van der Waals surface area contributed by atoms with Crippen molar-refractivity contribution in [3.8, 4) is 0 Å². The van der Waals surface area contributed by atoms with E-state index in [9.17, 15) is 4.79 Å². The Kier molecular flexibility index (Phi) is 4.43. The number of fused-ring (bicyclic) bond motifs is 3. The molecule has 2 N–H and O–H groups in total. The van der Waals surface area contributed by atoms with E-state index in [0.717, 1.165) is 32.5 Å². The van der Waals surface area contributed by atoms with Gasteiger partial charge >= 0.3 is 0 Å². The Morgan fingerprint density at radius 2 is 2.20 bits per heavy atom. The Balaban J connectivity index is 1.28. The molecule has 3 aromatic rings. The van der Waals surface area contributed by atoms with Crippen LogP contribution in [0.25, 0.3) is 10.9 Å². The minimum atomic E-state index is -0.140. The summed E-state index contributed by atoms with van der Waals surface area (Å²) in [5, 5.41) is 4.27. The lowest BCUT2D eigenvalue weighted by Crippen LogP contribution is -2.33. The van der Waals surface area contributed by atoms with E-state index in [0.29, 0.717) is 12.2 Å². The zero-order chi connectivity index (χ0) is 17.1. The van der Waals surface area contributed by atoms with Gasteiger partial charge in [-0.05, 0) is 30.5 Å². The molecule has 25 heavy (non-hydrogen) atoms. The standard InChI is InChI=1S/C19H21N5O/c25-19(17-6-9-20-13-22-17)21-8-3-10-24-11-7-15-14-4-1-2-5-16(14)23-18(15)12-24/h1-2,4-6,9,13,23H,3,7-8,10-12H2,(H,21,25). The monoisotopic (exact) mass is 335 g/mol. The fraction of sp³-hybridized carbons (Fsp3) is 0.316. The smallest absolute Gasteiger partial charge is 0.270 e. The summed E-state index contributed by atoms with van der Waals surface area (Å²) in [5.74, 6) is -0.140. The van der Waals surface area contributed by atoms with E-state index in [4.69, 9.17) is 0 Å². The Labute approximate surface area is 146 Å². The average Bonchev–Trinajstić information content (AvgIpc) is 3.03. The molecule has 6 nitrogen and oxygen atoms in total. The third-order valence-electron chi connectivity index (χ3n) is 4.71. The van der Waals surface area contributed by atoms with Gasteiger partial charge in [0.05, 0.1) is 0 Å². The number of hydrogen-bond acceptors (Lipinski definition) is 4. The molecular weight excluding hydrogens is 314 g/mol. The highest BCUT2D eigenvalue weighted by atomic mass is 16.1. The molecule has 1 amide bonds. The first-order valence-corrected chi connectivity index (χ1v) is 8.66. The lowest BCUT2D eigenvalue weighted by molar-refractivity contribution is 0.0946. The summed E-state index contributed by atoms with van der Waals surface area (Å²) in [6, 6.07) is 10.1. The van der Waals surface area contributed by atoms with Crippen LogP contribution in [0, 0.1) is 0 Å². The number of nitrogens with one attached hydrogen (secondary N) is 2. The van der Waals surface area contributed by atoms with Crippen molar-refractivity contribution in [2.75, 3.05) is 19.6 Å². The summed E-state index contributed by atoms with van der Waals surface area (Å²) in [6.07, 6.45) is 4.97. The molecule has 0 atom stereocenters. The molecule has 3 heterocycles. The van der Waals surface area contributed by atoms with Crippen LogP contribution in [0.5, 0.6) is 0 Å². The maximum atomic E-state index is 11.9. The molecule has 0 fully saturated rings. The largest absolute Gasteiger partial charge is 0.357 e. The predicted molar refractivity (Wildman–Crippen MR) is 96.3 cm³/mol. The molecule has 0 unspecified atom stereocenters. The van der Waals surface area contributed by atoms with Gasteiger partial charge in [0.1, 0.15) is 12.0 Å². The van der Waals surface area contributed by atoms with Crippen LogP contribution in [0.3, 0.4) is 0 Å². The van der Waals surface area contributed by atoms with Crippen LogP contribution >= 0.6 is 0 Å². The number of carbonyl (C=O) groups excluding carboxylic acids is 1. The Morgan fingerprint density at radius 1 is 1.28 bits per heavy atom. The van der Waals surface area contributed by atoms with Crippen molar-refractivity contribution < 1.29 is 4.79 Å². The van der Waals surface area contributed by atoms with Crippen molar-refractivity contribution in [2.45, 2.75) is 19.4 Å². The number of hydrogen-bond donors (Lipinski definition) is 2. The molecule has 1 aliphatic rings. The van der Waals surface area contributed by atoms with Crippen LogP contribution in [0.1, 0.15) is 28.2 Å². The van der Waals surface area contributed by atoms with E-state index < -0.39 is 0 Å². The van der Waals surface area contributed by atoms with Gasteiger partial charge in [-0.15, -0.1) is 0 Å². The number of benzene rings is 1. The van der Waals surface area contributed by atoms with Gasteiger partial charge in [-0.2, -0.15) is 0 Å². The van der Waals surface area contributed by atoms with Crippen molar-refractivity contribution in [3.63, 3.8) is 0 Å². The van der Waals surface area contributed by atoms with Crippen molar-refractivity contribution in [1.29, 1.82) is 0 Å². The van der Waals surface area contributed by atoms with Gasteiger partial charge in [-0.3, -0.25) is 9.69 Å². The number of amides is 1. The lowest BCUT2D eigenvalue weighted by Gasteiger charge is -2.26. The molecule has 6 heteroatoms. The Hall–Kier alpha value is -2.73. The summed E-state index contributed by atoms with van der Waals surface area (Å²) in [7, 11) is 0.